The van der Waals surface area contributed by atoms with Gasteiger partial charge in [-0.25, -0.2) is 8.42 Å². The van der Waals surface area contributed by atoms with Gasteiger partial charge in [-0.05, 0) is 31.0 Å². The SMILES string of the molecule is NCC1CCN(S(=O)(=O)c2cc(Br)cc3c2OCC3)C1. The van der Waals surface area contributed by atoms with Crippen LogP contribution in [0.1, 0.15) is 12.0 Å². The quantitative estimate of drug-likeness (QED) is 0.882. The molecule has 1 aromatic carbocycles. The molecule has 1 saturated heterocycles. The summed E-state index contributed by atoms with van der Waals surface area (Å²) >= 11 is 3.38. The van der Waals surface area contributed by atoms with Crippen LogP contribution in [0.15, 0.2) is 21.5 Å². The molecule has 0 bridgehead atoms. The van der Waals surface area contributed by atoms with E-state index < -0.39 is 10.0 Å². The van der Waals surface area contributed by atoms with Crippen LogP contribution in [0.25, 0.3) is 0 Å². The van der Waals surface area contributed by atoms with Crippen molar-refractivity contribution in [3.63, 3.8) is 0 Å². The lowest BCUT2D eigenvalue weighted by Crippen LogP contribution is -2.30. The molecule has 110 valence electrons. The van der Waals surface area contributed by atoms with Crippen LogP contribution < -0.4 is 10.5 Å². The summed E-state index contributed by atoms with van der Waals surface area (Å²) in [5.74, 6) is 0.773. The molecule has 1 atom stereocenters. The number of rotatable bonds is 3. The molecule has 0 saturated carbocycles. The molecule has 20 heavy (non-hydrogen) atoms. The largest absolute Gasteiger partial charge is 0.492 e. The van der Waals surface area contributed by atoms with Gasteiger partial charge in [-0.15, -0.1) is 0 Å². The van der Waals surface area contributed by atoms with Crippen molar-refractivity contribution in [1.29, 1.82) is 0 Å². The lowest BCUT2D eigenvalue weighted by atomic mass is 10.1. The normalized spacial score (nSPS) is 22.8. The molecule has 0 spiro atoms. The summed E-state index contributed by atoms with van der Waals surface area (Å²) < 4.78 is 33.4. The van der Waals surface area contributed by atoms with Crippen LogP contribution in [0, 0.1) is 5.92 Å². The van der Waals surface area contributed by atoms with E-state index in [4.69, 9.17) is 10.5 Å². The minimum absolute atomic E-state index is 0.255. The maximum atomic E-state index is 12.8. The van der Waals surface area contributed by atoms with Crippen molar-refractivity contribution < 1.29 is 13.2 Å². The molecule has 0 aromatic heterocycles. The van der Waals surface area contributed by atoms with Crippen LogP contribution in [-0.2, 0) is 16.4 Å². The number of nitrogens with zero attached hydrogens (tertiary/aromatic N) is 1. The summed E-state index contributed by atoms with van der Waals surface area (Å²) in [5.41, 5.74) is 6.59. The maximum Gasteiger partial charge on any atom is 0.246 e. The molecular weight excluding hydrogens is 344 g/mol. The number of ether oxygens (including phenoxy) is 1. The third-order valence-electron chi connectivity index (χ3n) is 3.91. The highest BCUT2D eigenvalue weighted by Crippen LogP contribution is 2.38. The Hall–Kier alpha value is -0.630. The van der Waals surface area contributed by atoms with Crippen molar-refractivity contribution in [2.24, 2.45) is 11.7 Å². The maximum absolute atomic E-state index is 12.8. The highest BCUT2D eigenvalue weighted by molar-refractivity contribution is 9.10. The predicted molar refractivity (Wildman–Crippen MR) is 79.3 cm³/mol. The molecule has 7 heteroatoms. The third-order valence-corrected chi connectivity index (χ3v) is 6.24. The Morgan fingerprint density at radius 2 is 2.25 bits per heavy atom. The minimum Gasteiger partial charge on any atom is -0.492 e. The first kappa shape index (κ1) is 14.3. The van der Waals surface area contributed by atoms with Crippen molar-refractivity contribution in [2.75, 3.05) is 26.2 Å². The van der Waals surface area contributed by atoms with Gasteiger partial charge in [0.1, 0.15) is 10.6 Å². The van der Waals surface area contributed by atoms with E-state index >= 15 is 0 Å². The van der Waals surface area contributed by atoms with E-state index in [0.717, 1.165) is 22.9 Å². The van der Waals surface area contributed by atoms with Gasteiger partial charge in [-0.3, -0.25) is 0 Å². The summed E-state index contributed by atoms with van der Waals surface area (Å²) in [4.78, 5) is 0.275. The van der Waals surface area contributed by atoms with E-state index in [1.165, 1.54) is 4.31 Å². The molecule has 1 unspecified atom stereocenters. The lowest BCUT2D eigenvalue weighted by molar-refractivity contribution is 0.346. The number of hydrogen-bond acceptors (Lipinski definition) is 4. The molecule has 2 heterocycles. The van der Waals surface area contributed by atoms with Gasteiger partial charge in [-0.2, -0.15) is 4.31 Å². The molecule has 2 N–H and O–H groups in total. The van der Waals surface area contributed by atoms with E-state index in [9.17, 15) is 8.42 Å². The fourth-order valence-corrected chi connectivity index (χ4v) is 5.16. The van der Waals surface area contributed by atoms with Crippen molar-refractivity contribution in [3.05, 3.63) is 22.2 Å². The van der Waals surface area contributed by atoms with Crippen molar-refractivity contribution in [3.8, 4) is 5.75 Å². The fraction of sp³-hybridized carbons (Fsp3) is 0.538. The highest BCUT2D eigenvalue weighted by atomic mass is 79.9. The zero-order chi connectivity index (χ0) is 14.3. The Morgan fingerprint density at radius 1 is 1.45 bits per heavy atom. The van der Waals surface area contributed by atoms with Crippen molar-refractivity contribution in [2.45, 2.75) is 17.7 Å². The molecular formula is C13H17BrN2O3S. The number of hydrogen-bond donors (Lipinski definition) is 1. The number of sulfonamides is 1. The van der Waals surface area contributed by atoms with Crippen molar-refractivity contribution >= 4 is 26.0 Å². The summed E-state index contributed by atoms with van der Waals surface area (Å²) in [7, 11) is -3.51. The van der Waals surface area contributed by atoms with Gasteiger partial charge in [0.2, 0.25) is 10.0 Å². The number of halogens is 1. The van der Waals surface area contributed by atoms with E-state index in [1.807, 2.05) is 6.07 Å². The topological polar surface area (TPSA) is 72.6 Å². The van der Waals surface area contributed by atoms with Crippen molar-refractivity contribution in [1.82, 2.24) is 4.31 Å². The first-order valence-corrected chi connectivity index (χ1v) is 8.91. The number of fused-ring (bicyclic) bond motifs is 1. The van der Waals surface area contributed by atoms with Crippen LogP contribution in [0.5, 0.6) is 5.75 Å². The lowest BCUT2D eigenvalue weighted by Gasteiger charge is -2.18. The first-order chi connectivity index (χ1) is 9.52. The second-order valence-corrected chi connectivity index (χ2v) is 8.07. The van der Waals surface area contributed by atoms with Crippen LogP contribution in [-0.4, -0.2) is 39.0 Å². The molecule has 2 aliphatic rings. The Bertz CT molecular complexity index is 633. The molecule has 0 aliphatic carbocycles. The molecule has 2 aliphatic heterocycles. The number of nitrogens with two attached hydrogens (primary N) is 1. The first-order valence-electron chi connectivity index (χ1n) is 6.68. The number of benzene rings is 1. The van der Waals surface area contributed by atoms with Gasteiger partial charge in [0.05, 0.1) is 6.61 Å². The van der Waals surface area contributed by atoms with Gasteiger partial charge in [0.25, 0.3) is 0 Å². The smallest absolute Gasteiger partial charge is 0.246 e. The Kier molecular flexibility index (Phi) is 3.79. The van der Waals surface area contributed by atoms with Gasteiger partial charge in [0.15, 0.2) is 0 Å². The van der Waals surface area contributed by atoms with Gasteiger partial charge in [0, 0.05) is 29.5 Å². The van der Waals surface area contributed by atoms with E-state index in [0.29, 0.717) is 32.0 Å². The van der Waals surface area contributed by atoms with Gasteiger partial charge < -0.3 is 10.5 Å². The summed E-state index contributed by atoms with van der Waals surface area (Å²) in [6.07, 6.45) is 1.58. The van der Waals surface area contributed by atoms with Crippen LogP contribution in [0.4, 0.5) is 0 Å². The zero-order valence-electron chi connectivity index (χ0n) is 11.0. The van der Waals surface area contributed by atoms with E-state index in [-0.39, 0.29) is 10.8 Å². The highest BCUT2D eigenvalue weighted by Gasteiger charge is 2.35. The van der Waals surface area contributed by atoms with Gasteiger partial charge in [-0.1, -0.05) is 15.9 Å². The molecule has 3 rings (SSSR count). The Balaban J connectivity index is 2.00. The predicted octanol–water partition coefficient (Wildman–Crippen LogP) is 1.35. The average molecular weight is 361 g/mol. The zero-order valence-corrected chi connectivity index (χ0v) is 13.4. The molecule has 0 amide bonds. The summed E-state index contributed by atoms with van der Waals surface area (Å²) in [6, 6.07) is 3.56. The monoisotopic (exact) mass is 360 g/mol. The van der Waals surface area contributed by atoms with Crippen LogP contribution >= 0.6 is 15.9 Å². The third kappa shape index (κ3) is 2.36. The standard InChI is InChI=1S/C13H17BrN2O3S/c14-11-5-10-2-4-19-13(10)12(6-11)20(17,18)16-3-1-9(7-15)8-16/h5-6,9H,1-4,7-8,15H2. The fourth-order valence-electron chi connectivity index (χ4n) is 2.77. The van der Waals surface area contributed by atoms with Crippen LogP contribution in [0.3, 0.4) is 0 Å². The van der Waals surface area contributed by atoms with E-state index in [1.54, 1.807) is 6.07 Å². The molecule has 1 aromatic rings. The van der Waals surface area contributed by atoms with Crippen LogP contribution in [0.2, 0.25) is 0 Å². The molecule has 1 fully saturated rings. The minimum atomic E-state index is -3.51. The van der Waals surface area contributed by atoms with E-state index in [2.05, 4.69) is 15.9 Å². The Labute approximate surface area is 127 Å². The van der Waals surface area contributed by atoms with Gasteiger partial charge >= 0.3 is 0 Å². The Morgan fingerprint density at radius 3 is 2.95 bits per heavy atom. The second-order valence-electron chi connectivity index (χ2n) is 5.24. The second kappa shape index (κ2) is 5.29. The molecule has 0 radical (unpaired) electrons. The molecule has 5 nitrogen and oxygen atoms in total. The summed E-state index contributed by atoms with van der Waals surface area (Å²) in [5, 5.41) is 0. The average Bonchev–Trinajstić information content (AvgIpc) is 3.05. The summed E-state index contributed by atoms with van der Waals surface area (Å²) in [6.45, 7) is 2.10.